The molecule has 2 unspecified atom stereocenters. The number of hydrogen-bond acceptors (Lipinski definition) is 4. The van der Waals surface area contributed by atoms with Crippen LogP contribution in [0.25, 0.3) is 0 Å². The molecule has 124 valence electrons. The lowest BCUT2D eigenvalue weighted by Gasteiger charge is -2.41. The van der Waals surface area contributed by atoms with Gasteiger partial charge in [-0.15, -0.1) is 0 Å². The Balaban J connectivity index is 2.40. The molecule has 1 N–H and O–H groups in total. The molecule has 0 saturated heterocycles. The minimum absolute atomic E-state index is 0.0830. The van der Waals surface area contributed by atoms with Crippen molar-refractivity contribution < 1.29 is 13.6 Å². The molecule has 1 aliphatic rings. The molecular weight excluding hydrogens is 297 g/mol. The Bertz CT molecular complexity index is 543. The monoisotopic (exact) mass is 325 g/mol. The van der Waals surface area contributed by atoms with E-state index in [-0.39, 0.29) is 11.2 Å². The highest BCUT2D eigenvalue weighted by Gasteiger charge is 2.43. The van der Waals surface area contributed by atoms with Crippen molar-refractivity contribution in [2.45, 2.75) is 52.7 Å². The van der Waals surface area contributed by atoms with Crippen LogP contribution in [0.15, 0.2) is 24.3 Å². The van der Waals surface area contributed by atoms with Gasteiger partial charge in [-0.3, -0.25) is 4.57 Å². The molecule has 0 aromatic heterocycles. The summed E-state index contributed by atoms with van der Waals surface area (Å²) >= 11 is 0. The maximum absolute atomic E-state index is 13.1. The maximum Gasteiger partial charge on any atom is 0.352 e. The zero-order valence-corrected chi connectivity index (χ0v) is 15.2. The van der Waals surface area contributed by atoms with E-state index in [4.69, 9.17) is 9.05 Å². The van der Waals surface area contributed by atoms with Crippen molar-refractivity contribution in [3.63, 3.8) is 0 Å². The van der Waals surface area contributed by atoms with Crippen molar-refractivity contribution in [2.24, 2.45) is 5.41 Å². The van der Waals surface area contributed by atoms with Gasteiger partial charge in [0.05, 0.1) is 13.2 Å². The average Bonchev–Trinajstić information content (AvgIpc) is 2.45. The molecule has 0 saturated carbocycles. The van der Waals surface area contributed by atoms with Crippen molar-refractivity contribution in [1.29, 1.82) is 0 Å². The fraction of sp³-hybridized carbons (Fsp3) is 0.647. The summed E-state index contributed by atoms with van der Waals surface area (Å²) in [6.45, 7) is 11.2. The number of rotatable bonds is 5. The van der Waals surface area contributed by atoms with E-state index < -0.39 is 7.60 Å². The van der Waals surface area contributed by atoms with E-state index in [1.165, 1.54) is 5.56 Å². The predicted octanol–water partition coefficient (Wildman–Crippen LogP) is 5.22. The van der Waals surface area contributed by atoms with E-state index in [1.807, 2.05) is 26.0 Å². The molecule has 0 spiro atoms. The molecule has 4 nitrogen and oxygen atoms in total. The largest absolute Gasteiger partial charge is 0.371 e. The third-order valence-electron chi connectivity index (χ3n) is 4.16. The smallest absolute Gasteiger partial charge is 0.352 e. The molecule has 1 heterocycles. The molecule has 1 aromatic carbocycles. The van der Waals surface area contributed by atoms with Gasteiger partial charge in [-0.1, -0.05) is 39.0 Å². The van der Waals surface area contributed by atoms with Gasteiger partial charge in [0.25, 0.3) is 0 Å². The molecule has 0 amide bonds. The van der Waals surface area contributed by atoms with Crippen LogP contribution in [0.3, 0.4) is 0 Å². The molecule has 0 fully saturated rings. The lowest BCUT2D eigenvalue weighted by Crippen LogP contribution is -2.34. The number of benzene rings is 1. The van der Waals surface area contributed by atoms with Crippen molar-refractivity contribution in [2.75, 3.05) is 18.5 Å². The molecule has 0 bridgehead atoms. The lowest BCUT2D eigenvalue weighted by atomic mass is 9.73. The number of para-hydroxylation sites is 1. The predicted molar refractivity (Wildman–Crippen MR) is 91.5 cm³/mol. The van der Waals surface area contributed by atoms with Crippen LogP contribution in [0.2, 0.25) is 0 Å². The van der Waals surface area contributed by atoms with Crippen LogP contribution >= 0.6 is 7.60 Å². The van der Waals surface area contributed by atoms with Gasteiger partial charge < -0.3 is 14.4 Å². The second-order valence-corrected chi connectivity index (χ2v) is 9.00. The summed E-state index contributed by atoms with van der Waals surface area (Å²) in [5, 5.41) is 3.40. The highest BCUT2D eigenvalue weighted by atomic mass is 31.2. The lowest BCUT2D eigenvalue weighted by molar-refractivity contribution is 0.205. The van der Waals surface area contributed by atoms with E-state index in [0.29, 0.717) is 19.1 Å². The minimum Gasteiger partial charge on any atom is -0.371 e. The van der Waals surface area contributed by atoms with Gasteiger partial charge in [-0.25, -0.2) is 0 Å². The molecule has 1 aliphatic heterocycles. The van der Waals surface area contributed by atoms with Crippen LogP contribution < -0.4 is 5.32 Å². The molecular formula is C17H28NO3P. The van der Waals surface area contributed by atoms with Crippen molar-refractivity contribution in [1.82, 2.24) is 0 Å². The Labute approximate surface area is 134 Å². The highest BCUT2D eigenvalue weighted by Crippen LogP contribution is 2.59. The summed E-state index contributed by atoms with van der Waals surface area (Å²) in [5.74, 6) is 0.00992. The summed E-state index contributed by atoms with van der Waals surface area (Å²) in [5.41, 5.74) is 2.41. The van der Waals surface area contributed by atoms with Gasteiger partial charge in [-0.05, 0) is 43.2 Å². The number of nitrogens with one attached hydrogen (secondary N) is 1. The molecule has 1 aromatic rings. The summed E-state index contributed by atoms with van der Waals surface area (Å²) in [4.78, 5) is 0. The standard InChI is InChI=1S/C17H28NO3P/c1-6-20-22(19,21-7-2)16-12-14(17(3,4)5)13-10-8-9-11-15(13)18-16/h8-11,14,16,18H,6-7,12H2,1-5H3. The van der Waals surface area contributed by atoms with Crippen LogP contribution in [0.1, 0.15) is 52.5 Å². The van der Waals surface area contributed by atoms with Crippen LogP contribution in [-0.4, -0.2) is 19.0 Å². The van der Waals surface area contributed by atoms with Crippen LogP contribution in [-0.2, 0) is 13.6 Å². The first-order chi connectivity index (χ1) is 10.3. The Kier molecular flexibility index (Phi) is 5.37. The Hall–Kier alpha value is -0.830. The fourth-order valence-corrected chi connectivity index (χ4v) is 5.05. The number of anilines is 1. The average molecular weight is 325 g/mol. The van der Waals surface area contributed by atoms with E-state index in [9.17, 15) is 4.57 Å². The third kappa shape index (κ3) is 3.56. The highest BCUT2D eigenvalue weighted by molar-refractivity contribution is 7.54. The van der Waals surface area contributed by atoms with Gasteiger partial charge in [0, 0.05) is 5.69 Å². The van der Waals surface area contributed by atoms with Crippen molar-refractivity contribution >= 4 is 13.3 Å². The molecule has 5 heteroatoms. The summed E-state index contributed by atoms with van der Waals surface area (Å²) in [6, 6.07) is 8.26. The molecule has 22 heavy (non-hydrogen) atoms. The SMILES string of the molecule is CCOP(=O)(OCC)C1CC(C(C)(C)C)c2ccccc2N1. The van der Waals surface area contributed by atoms with Crippen LogP contribution in [0.5, 0.6) is 0 Å². The maximum atomic E-state index is 13.1. The normalized spacial score (nSPS) is 22.0. The molecule has 0 aliphatic carbocycles. The zero-order chi connectivity index (χ0) is 16.4. The van der Waals surface area contributed by atoms with Gasteiger partial charge in [0.1, 0.15) is 5.78 Å². The topological polar surface area (TPSA) is 47.6 Å². The second-order valence-electron chi connectivity index (χ2n) is 6.78. The van der Waals surface area contributed by atoms with E-state index >= 15 is 0 Å². The summed E-state index contributed by atoms with van der Waals surface area (Å²) < 4.78 is 24.3. The first-order valence-corrected chi connectivity index (χ1v) is 9.67. The Morgan fingerprint density at radius 2 is 1.77 bits per heavy atom. The quantitative estimate of drug-likeness (QED) is 0.754. The van der Waals surface area contributed by atoms with Crippen molar-refractivity contribution in [3.8, 4) is 0 Å². The van der Waals surface area contributed by atoms with Crippen molar-refractivity contribution in [3.05, 3.63) is 29.8 Å². The summed E-state index contributed by atoms with van der Waals surface area (Å²) in [6.07, 6.45) is 0.748. The van der Waals surface area contributed by atoms with E-state index in [0.717, 1.165) is 12.1 Å². The van der Waals surface area contributed by atoms with Gasteiger partial charge >= 0.3 is 7.60 Å². The van der Waals surface area contributed by atoms with Gasteiger partial charge in [0.15, 0.2) is 0 Å². The van der Waals surface area contributed by atoms with Crippen LogP contribution in [0, 0.1) is 5.41 Å². The summed E-state index contributed by atoms with van der Waals surface area (Å²) in [7, 11) is -3.17. The van der Waals surface area contributed by atoms with E-state index in [2.05, 4.69) is 38.2 Å². The van der Waals surface area contributed by atoms with Crippen LogP contribution in [0.4, 0.5) is 5.69 Å². The zero-order valence-electron chi connectivity index (χ0n) is 14.3. The molecule has 0 radical (unpaired) electrons. The number of hydrogen-bond donors (Lipinski definition) is 1. The Morgan fingerprint density at radius 1 is 1.18 bits per heavy atom. The Morgan fingerprint density at radius 3 is 2.32 bits per heavy atom. The molecule has 2 atom stereocenters. The van der Waals surface area contributed by atoms with Gasteiger partial charge in [0.2, 0.25) is 0 Å². The van der Waals surface area contributed by atoms with E-state index in [1.54, 1.807) is 0 Å². The third-order valence-corrected chi connectivity index (χ3v) is 6.50. The second kappa shape index (κ2) is 6.74. The number of fused-ring (bicyclic) bond motifs is 1. The minimum atomic E-state index is -3.17. The van der Waals surface area contributed by atoms with Gasteiger partial charge in [-0.2, -0.15) is 0 Å². The molecule has 2 rings (SSSR count). The first kappa shape index (κ1) is 17.5. The first-order valence-electron chi connectivity index (χ1n) is 8.06. The fourth-order valence-electron chi connectivity index (χ4n) is 3.13.